The minimum atomic E-state index is -0.0626. The molecule has 2 aromatic rings. The van der Waals surface area contributed by atoms with Crippen LogP contribution in [-0.2, 0) is 4.79 Å². The Kier molecular flexibility index (Phi) is 4.35. The number of amides is 1. The lowest BCUT2D eigenvalue weighted by molar-refractivity contribution is -0.118. The third-order valence-electron chi connectivity index (χ3n) is 2.34. The highest BCUT2D eigenvalue weighted by Gasteiger charge is 2.09. The van der Waals surface area contributed by atoms with E-state index in [0.717, 1.165) is 5.69 Å². The van der Waals surface area contributed by atoms with E-state index in [4.69, 9.17) is 4.74 Å². The molecule has 0 saturated heterocycles. The molecule has 0 bridgehead atoms. The first-order valence-corrected chi connectivity index (χ1v) is 6.47. The first kappa shape index (κ1) is 13.3. The van der Waals surface area contributed by atoms with Crippen molar-refractivity contribution in [1.82, 2.24) is 25.1 Å². The number of thioether (sulfide) groups is 1. The summed E-state index contributed by atoms with van der Waals surface area (Å²) in [7, 11) is 3.16. The molecule has 0 spiro atoms. The molecule has 0 radical (unpaired) electrons. The number of rotatable bonds is 5. The van der Waals surface area contributed by atoms with Gasteiger partial charge >= 0.3 is 0 Å². The van der Waals surface area contributed by atoms with Gasteiger partial charge in [-0.2, -0.15) is 0 Å². The second-order valence-electron chi connectivity index (χ2n) is 3.50. The molecular formula is C11H13N5O2S. The van der Waals surface area contributed by atoms with Crippen molar-refractivity contribution in [3.63, 3.8) is 0 Å². The molecule has 0 aliphatic heterocycles. The molecule has 1 N–H and O–H groups in total. The van der Waals surface area contributed by atoms with Crippen LogP contribution in [0.2, 0.25) is 0 Å². The maximum Gasteiger partial charge on any atom is 0.230 e. The zero-order valence-corrected chi connectivity index (χ0v) is 11.3. The molecule has 0 aliphatic rings. The first-order valence-electron chi connectivity index (χ1n) is 5.48. The molecule has 0 aliphatic carbocycles. The monoisotopic (exact) mass is 279 g/mol. The molecule has 8 heteroatoms. The minimum Gasteiger partial charge on any atom is -0.481 e. The molecule has 0 aromatic carbocycles. The van der Waals surface area contributed by atoms with Gasteiger partial charge in [-0.3, -0.25) is 9.36 Å². The van der Waals surface area contributed by atoms with Gasteiger partial charge in [-0.25, -0.2) is 4.98 Å². The van der Waals surface area contributed by atoms with Crippen molar-refractivity contribution in [1.29, 1.82) is 0 Å². The second-order valence-corrected chi connectivity index (χ2v) is 4.45. The molecule has 0 fully saturated rings. The molecular weight excluding hydrogens is 266 g/mol. The van der Waals surface area contributed by atoms with E-state index in [0.29, 0.717) is 16.8 Å². The van der Waals surface area contributed by atoms with Crippen LogP contribution in [-0.4, -0.2) is 45.6 Å². The van der Waals surface area contributed by atoms with Gasteiger partial charge in [0.05, 0.1) is 24.7 Å². The lowest BCUT2D eigenvalue weighted by Crippen LogP contribution is -2.20. The van der Waals surface area contributed by atoms with E-state index in [1.54, 1.807) is 37.3 Å². The van der Waals surface area contributed by atoms with Crippen LogP contribution in [0.3, 0.4) is 0 Å². The number of ether oxygens (including phenoxy) is 1. The zero-order chi connectivity index (χ0) is 13.7. The van der Waals surface area contributed by atoms with Crippen LogP contribution in [0.15, 0.2) is 29.8 Å². The normalized spacial score (nSPS) is 10.2. The van der Waals surface area contributed by atoms with Crippen LogP contribution < -0.4 is 10.1 Å². The summed E-state index contributed by atoms with van der Waals surface area (Å²) in [6, 6.07) is 3.60. The maximum atomic E-state index is 11.2. The molecule has 19 heavy (non-hydrogen) atoms. The standard InChI is InChI=1S/C11H13N5O2S/c1-12-9(17)6-19-11-15-14-7-16(11)8-3-4-10(18-2)13-5-8/h3-5,7H,6H2,1-2H3,(H,12,17). The third-order valence-corrected chi connectivity index (χ3v) is 3.28. The average molecular weight is 279 g/mol. The summed E-state index contributed by atoms with van der Waals surface area (Å²) in [4.78, 5) is 15.3. The van der Waals surface area contributed by atoms with Gasteiger partial charge in [0, 0.05) is 13.1 Å². The van der Waals surface area contributed by atoms with E-state index in [2.05, 4.69) is 20.5 Å². The van der Waals surface area contributed by atoms with Gasteiger partial charge < -0.3 is 10.1 Å². The summed E-state index contributed by atoms with van der Waals surface area (Å²) < 4.78 is 6.76. The summed E-state index contributed by atoms with van der Waals surface area (Å²) in [5.41, 5.74) is 0.810. The van der Waals surface area contributed by atoms with Gasteiger partial charge in [0.25, 0.3) is 0 Å². The zero-order valence-electron chi connectivity index (χ0n) is 10.5. The lowest BCUT2D eigenvalue weighted by atomic mass is 10.4. The van der Waals surface area contributed by atoms with Gasteiger partial charge in [0.2, 0.25) is 11.8 Å². The van der Waals surface area contributed by atoms with Gasteiger partial charge in [-0.1, -0.05) is 11.8 Å². The molecule has 7 nitrogen and oxygen atoms in total. The van der Waals surface area contributed by atoms with E-state index >= 15 is 0 Å². The molecule has 2 heterocycles. The van der Waals surface area contributed by atoms with Crippen LogP contribution in [0.1, 0.15) is 0 Å². The van der Waals surface area contributed by atoms with Crippen LogP contribution in [0, 0.1) is 0 Å². The van der Waals surface area contributed by atoms with Crippen LogP contribution >= 0.6 is 11.8 Å². The number of nitrogens with one attached hydrogen (secondary N) is 1. The second kappa shape index (κ2) is 6.19. The van der Waals surface area contributed by atoms with Crippen molar-refractivity contribution in [2.24, 2.45) is 0 Å². The molecule has 2 rings (SSSR count). The number of hydrogen-bond donors (Lipinski definition) is 1. The fourth-order valence-corrected chi connectivity index (χ4v) is 2.14. The Labute approximate surface area is 114 Å². The Bertz CT molecular complexity index is 554. The predicted molar refractivity (Wildman–Crippen MR) is 70.5 cm³/mol. The van der Waals surface area contributed by atoms with Crippen molar-refractivity contribution in [3.8, 4) is 11.6 Å². The summed E-state index contributed by atoms with van der Waals surface area (Å²) in [5, 5.41) is 11.0. The Hall–Kier alpha value is -2.09. The lowest BCUT2D eigenvalue weighted by Gasteiger charge is -2.06. The Balaban J connectivity index is 2.15. The largest absolute Gasteiger partial charge is 0.481 e. The predicted octanol–water partition coefficient (Wildman–Crippen LogP) is 0.509. The fourth-order valence-electron chi connectivity index (χ4n) is 1.34. The van der Waals surface area contributed by atoms with Crippen molar-refractivity contribution >= 4 is 17.7 Å². The molecule has 2 aromatic heterocycles. The summed E-state index contributed by atoms with van der Waals surface area (Å²) >= 11 is 1.31. The van der Waals surface area contributed by atoms with Crippen molar-refractivity contribution in [2.45, 2.75) is 5.16 Å². The maximum absolute atomic E-state index is 11.2. The van der Waals surface area contributed by atoms with Crippen molar-refractivity contribution in [2.75, 3.05) is 19.9 Å². The van der Waals surface area contributed by atoms with E-state index in [9.17, 15) is 4.79 Å². The summed E-state index contributed by atoms with van der Waals surface area (Å²) in [6.07, 6.45) is 3.24. The third kappa shape index (κ3) is 3.22. The molecule has 0 saturated carbocycles. The van der Waals surface area contributed by atoms with Crippen molar-refractivity contribution in [3.05, 3.63) is 24.7 Å². The summed E-state index contributed by atoms with van der Waals surface area (Å²) in [6.45, 7) is 0. The van der Waals surface area contributed by atoms with E-state index < -0.39 is 0 Å². The van der Waals surface area contributed by atoms with E-state index in [-0.39, 0.29) is 5.91 Å². The minimum absolute atomic E-state index is 0.0626. The number of carbonyl (C=O) groups is 1. The highest BCUT2D eigenvalue weighted by atomic mass is 32.2. The first-order chi connectivity index (χ1) is 9.24. The van der Waals surface area contributed by atoms with Gasteiger partial charge in [0.1, 0.15) is 6.33 Å². The van der Waals surface area contributed by atoms with Crippen LogP contribution in [0.25, 0.3) is 5.69 Å². The Morgan fingerprint density at radius 1 is 1.53 bits per heavy atom. The number of methoxy groups -OCH3 is 1. The smallest absolute Gasteiger partial charge is 0.230 e. The number of pyridine rings is 1. The van der Waals surface area contributed by atoms with Gasteiger partial charge in [0.15, 0.2) is 5.16 Å². The molecule has 1 amide bonds. The number of carbonyl (C=O) groups excluding carboxylic acids is 1. The van der Waals surface area contributed by atoms with Gasteiger partial charge in [-0.15, -0.1) is 10.2 Å². The molecule has 0 unspecified atom stereocenters. The van der Waals surface area contributed by atoms with Crippen LogP contribution in [0.4, 0.5) is 0 Å². The number of hydrogen-bond acceptors (Lipinski definition) is 6. The highest BCUT2D eigenvalue weighted by molar-refractivity contribution is 7.99. The molecule has 0 atom stereocenters. The number of aromatic nitrogens is 4. The highest BCUT2D eigenvalue weighted by Crippen LogP contribution is 2.19. The van der Waals surface area contributed by atoms with Crippen LogP contribution in [0.5, 0.6) is 5.88 Å². The van der Waals surface area contributed by atoms with E-state index in [1.165, 1.54) is 11.8 Å². The average Bonchev–Trinajstić information content (AvgIpc) is 2.93. The Morgan fingerprint density at radius 3 is 3.00 bits per heavy atom. The summed E-state index contributed by atoms with van der Waals surface area (Å²) in [5.74, 6) is 0.766. The number of nitrogens with zero attached hydrogens (tertiary/aromatic N) is 4. The SMILES string of the molecule is CNC(=O)CSc1nncn1-c1ccc(OC)nc1. The fraction of sp³-hybridized carbons (Fsp3) is 0.273. The topological polar surface area (TPSA) is 81.9 Å². The Morgan fingerprint density at radius 2 is 2.37 bits per heavy atom. The van der Waals surface area contributed by atoms with Crippen molar-refractivity contribution < 1.29 is 9.53 Å². The van der Waals surface area contributed by atoms with Gasteiger partial charge in [-0.05, 0) is 6.07 Å². The quantitative estimate of drug-likeness (QED) is 0.803. The molecule has 100 valence electrons. The van der Waals surface area contributed by atoms with E-state index in [1.807, 2.05) is 6.07 Å².